The van der Waals surface area contributed by atoms with Crippen molar-refractivity contribution in [1.82, 2.24) is 9.79 Å². The lowest BCUT2D eigenvalue weighted by Crippen LogP contribution is -2.40. The van der Waals surface area contributed by atoms with E-state index >= 15 is 0 Å². The number of amides is 1. The van der Waals surface area contributed by atoms with Crippen LogP contribution >= 0.6 is 7.37 Å². The molecule has 0 saturated carbocycles. The number of carbonyl (C=O) groups is 1. The van der Waals surface area contributed by atoms with E-state index in [0.717, 1.165) is 6.66 Å². The highest BCUT2D eigenvalue weighted by atomic mass is 32.2. The number of hydrogen-bond acceptors (Lipinski definition) is 5. The van der Waals surface area contributed by atoms with Gasteiger partial charge in [-0.2, -0.15) is 4.31 Å². The molecule has 0 saturated heterocycles. The van der Waals surface area contributed by atoms with Gasteiger partial charge in [-0.15, -0.1) is 0 Å². The lowest BCUT2D eigenvalue weighted by atomic mass is 10.2. The largest absolute Gasteiger partial charge is 0.344 e. The summed E-state index contributed by atoms with van der Waals surface area (Å²) in [7, 11) is -7.69. The van der Waals surface area contributed by atoms with Gasteiger partial charge in [-0.1, -0.05) is 30.3 Å². The first-order valence-electron chi connectivity index (χ1n) is 5.88. The Morgan fingerprint density at radius 2 is 1.90 bits per heavy atom. The third kappa shape index (κ3) is 6.36. The molecule has 0 aromatic heterocycles. The molecule has 1 atom stereocenters. The molecule has 0 aliphatic rings. The van der Waals surface area contributed by atoms with Gasteiger partial charge in [0, 0.05) is 6.66 Å². The van der Waals surface area contributed by atoms with Crippen LogP contribution in [0.1, 0.15) is 5.56 Å². The fraction of sp³-hybridized carbons (Fsp3) is 0.364. The van der Waals surface area contributed by atoms with Gasteiger partial charge in [0.05, 0.1) is 18.6 Å². The van der Waals surface area contributed by atoms with E-state index in [1.165, 1.54) is 5.48 Å². The minimum absolute atomic E-state index is 0.410. The van der Waals surface area contributed by atoms with Gasteiger partial charge in [-0.3, -0.25) is 14.6 Å². The van der Waals surface area contributed by atoms with Crippen LogP contribution in [0.15, 0.2) is 30.3 Å². The number of carbonyl (C=O) groups excluding carboxylic acids is 1. The molecule has 3 N–H and O–H groups in total. The summed E-state index contributed by atoms with van der Waals surface area (Å²) in [4.78, 5) is 20.5. The predicted octanol–water partition coefficient (Wildman–Crippen LogP) is 0.182. The molecule has 10 heteroatoms. The van der Waals surface area contributed by atoms with Gasteiger partial charge in [-0.05, 0) is 5.56 Å². The van der Waals surface area contributed by atoms with Gasteiger partial charge in [-0.25, -0.2) is 13.9 Å². The van der Waals surface area contributed by atoms with Crippen molar-refractivity contribution in [2.24, 2.45) is 0 Å². The standard InChI is InChI=1S/C11H17N2O6PS/c1-20(16,17)9-13(7-11(14)12-15)21(18,19)8-10-5-3-2-4-6-10/h2-6,15H,7-9H2,1H3,(H,12,14)(H,16,17). The number of nitrogens with one attached hydrogen (secondary N) is 1. The molecule has 0 radical (unpaired) electrons. The van der Waals surface area contributed by atoms with Gasteiger partial charge in [0.25, 0.3) is 5.91 Å². The zero-order chi connectivity index (χ0) is 16.1. The van der Waals surface area contributed by atoms with Gasteiger partial charge in [0.1, 0.15) is 0 Å². The highest BCUT2D eigenvalue weighted by molar-refractivity contribution is 7.88. The summed E-state index contributed by atoms with van der Waals surface area (Å²) in [5.41, 5.74) is 1.78. The van der Waals surface area contributed by atoms with Crippen LogP contribution in [0.3, 0.4) is 0 Å². The SMILES string of the molecule is CP(=O)(O)CN(CC(=O)NO)S(=O)(=O)Cc1ccccc1. The minimum atomic E-state index is -3.98. The third-order valence-electron chi connectivity index (χ3n) is 2.45. The van der Waals surface area contributed by atoms with E-state index in [4.69, 9.17) is 5.21 Å². The Morgan fingerprint density at radius 3 is 2.38 bits per heavy atom. The molecule has 1 amide bonds. The Labute approximate surface area is 122 Å². The zero-order valence-electron chi connectivity index (χ0n) is 11.3. The highest BCUT2D eigenvalue weighted by Gasteiger charge is 2.29. The maximum atomic E-state index is 12.3. The smallest absolute Gasteiger partial charge is 0.258 e. The average Bonchev–Trinajstić information content (AvgIpc) is 2.37. The van der Waals surface area contributed by atoms with Crippen molar-refractivity contribution in [3.63, 3.8) is 0 Å². The Balaban J connectivity index is 2.99. The van der Waals surface area contributed by atoms with Crippen molar-refractivity contribution in [3.8, 4) is 0 Å². The van der Waals surface area contributed by atoms with Crippen molar-refractivity contribution >= 4 is 23.3 Å². The number of sulfonamides is 1. The molecule has 0 spiro atoms. The number of rotatable bonds is 7. The van der Waals surface area contributed by atoms with Crippen LogP contribution in [0.2, 0.25) is 0 Å². The summed E-state index contributed by atoms with van der Waals surface area (Å²) in [6.45, 7) is 0.263. The molecule has 1 rings (SSSR count). The van der Waals surface area contributed by atoms with Crippen molar-refractivity contribution in [2.75, 3.05) is 19.5 Å². The molecule has 118 valence electrons. The first-order chi connectivity index (χ1) is 9.64. The molecular weight excluding hydrogens is 319 g/mol. The summed E-state index contributed by atoms with van der Waals surface area (Å²) in [5.74, 6) is -1.40. The summed E-state index contributed by atoms with van der Waals surface area (Å²) in [6, 6.07) is 8.22. The first-order valence-corrected chi connectivity index (χ1v) is 9.78. The van der Waals surface area contributed by atoms with E-state index < -0.39 is 41.9 Å². The molecule has 21 heavy (non-hydrogen) atoms. The lowest BCUT2D eigenvalue weighted by Gasteiger charge is -2.22. The van der Waals surface area contributed by atoms with Crippen LogP contribution in [0.4, 0.5) is 0 Å². The van der Waals surface area contributed by atoms with Crippen LogP contribution in [0, 0.1) is 0 Å². The fourth-order valence-electron chi connectivity index (χ4n) is 1.60. The van der Waals surface area contributed by atoms with Gasteiger partial charge in [0.15, 0.2) is 0 Å². The molecule has 1 aromatic carbocycles. The van der Waals surface area contributed by atoms with Crippen LogP contribution in [-0.2, 0) is 25.1 Å². The fourth-order valence-corrected chi connectivity index (χ4v) is 4.74. The molecular formula is C11H17N2O6PS. The Kier molecular flexibility index (Phi) is 6.06. The average molecular weight is 336 g/mol. The highest BCUT2D eigenvalue weighted by Crippen LogP contribution is 2.36. The molecule has 1 aromatic rings. The van der Waals surface area contributed by atoms with Gasteiger partial charge < -0.3 is 4.89 Å². The summed E-state index contributed by atoms with van der Waals surface area (Å²) < 4.78 is 36.6. The van der Waals surface area contributed by atoms with Crippen molar-refractivity contribution < 1.29 is 27.9 Å². The predicted molar refractivity (Wildman–Crippen MR) is 76.3 cm³/mol. The molecule has 0 bridgehead atoms. The second kappa shape index (κ2) is 7.15. The summed E-state index contributed by atoms with van der Waals surface area (Å²) >= 11 is 0. The maximum absolute atomic E-state index is 12.3. The van der Waals surface area contributed by atoms with E-state index in [1.807, 2.05) is 0 Å². The van der Waals surface area contributed by atoms with Gasteiger partial charge >= 0.3 is 0 Å². The Bertz CT molecular complexity index is 627. The van der Waals surface area contributed by atoms with E-state index in [2.05, 4.69) is 0 Å². The number of nitrogens with zero attached hydrogens (tertiary/aromatic N) is 1. The normalized spacial score (nSPS) is 14.7. The third-order valence-corrected chi connectivity index (χ3v) is 5.25. The Hall–Kier alpha value is -1.25. The van der Waals surface area contributed by atoms with Crippen LogP contribution in [0.25, 0.3) is 0 Å². The second-order valence-corrected chi connectivity index (χ2v) is 8.93. The van der Waals surface area contributed by atoms with Crippen molar-refractivity contribution in [3.05, 3.63) is 35.9 Å². The quantitative estimate of drug-likeness (QED) is 0.371. The van der Waals surface area contributed by atoms with E-state index in [0.29, 0.717) is 9.87 Å². The molecule has 0 aliphatic carbocycles. The van der Waals surface area contributed by atoms with E-state index in [9.17, 15) is 22.7 Å². The van der Waals surface area contributed by atoms with E-state index in [-0.39, 0.29) is 0 Å². The molecule has 0 heterocycles. The van der Waals surface area contributed by atoms with Crippen molar-refractivity contribution in [2.45, 2.75) is 5.75 Å². The van der Waals surface area contributed by atoms with Crippen LogP contribution < -0.4 is 5.48 Å². The molecule has 0 aliphatic heterocycles. The number of hydroxylamine groups is 1. The molecule has 0 fully saturated rings. The molecule has 8 nitrogen and oxygen atoms in total. The minimum Gasteiger partial charge on any atom is -0.344 e. The zero-order valence-corrected chi connectivity index (χ0v) is 13.0. The number of hydrogen-bond donors (Lipinski definition) is 3. The maximum Gasteiger partial charge on any atom is 0.258 e. The Morgan fingerprint density at radius 1 is 1.33 bits per heavy atom. The summed E-state index contributed by atoms with van der Waals surface area (Å²) in [5, 5.41) is 8.48. The second-order valence-electron chi connectivity index (χ2n) is 4.58. The van der Waals surface area contributed by atoms with Crippen molar-refractivity contribution in [1.29, 1.82) is 0 Å². The van der Waals surface area contributed by atoms with Crippen LogP contribution in [0.5, 0.6) is 0 Å². The lowest BCUT2D eigenvalue weighted by molar-refractivity contribution is -0.129. The van der Waals surface area contributed by atoms with Crippen LogP contribution in [-0.4, -0.2) is 48.2 Å². The topological polar surface area (TPSA) is 124 Å². The monoisotopic (exact) mass is 336 g/mol. The first kappa shape index (κ1) is 17.8. The number of benzene rings is 1. The molecule has 1 unspecified atom stereocenters. The van der Waals surface area contributed by atoms with E-state index in [1.54, 1.807) is 30.3 Å². The summed E-state index contributed by atoms with van der Waals surface area (Å²) in [6.07, 6.45) is -0.699. The van der Waals surface area contributed by atoms with Gasteiger partial charge in [0.2, 0.25) is 17.4 Å².